The molecule has 0 saturated heterocycles. The Morgan fingerprint density at radius 2 is 1.79 bits per heavy atom. The largest absolute Gasteiger partial charge is 0.507 e. The molecule has 0 aromatic heterocycles. The second-order valence-corrected chi connectivity index (χ2v) is 7.66. The average molecular weight is 453 g/mol. The molecule has 0 aliphatic carbocycles. The van der Waals surface area contributed by atoms with E-state index in [1.165, 1.54) is 0 Å². The Labute approximate surface area is 175 Å². The molecule has 0 unspecified atom stereocenters. The molecule has 2 aliphatic heterocycles. The number of hydrogen-bond donors (Lipinski definition) is 2. The number of nitrogens with zero attached hydrogens (tertiary/aromatic N) is 1. The number of anilines is 2. The Bertz CT molecular complexity index is 1120. The summed E-state index contributed by atoms with van der Waals surface area (Å²) in [5.41, 5.74) is 2.87. The van der Waals surface area contributed by atoms with Crippen LogP contribution in [0.1, 0.15) is 22.1 Å². The van der Waals surface area contributed by atoms with E-state index in [0.717, 1.165) is 11.3 Å². The summed E-state index contributed by atoms with van der Waals surface area (Å²) in [6.07, 6.45) is -0.461. The van der Waals surface area contributed by atoms with Crippen LogP contribution in [-0.2, 0) is 0 Å². The average Bonchev–Trinajstić information content (AvgIpc) is 2.75. The maximum absolute atomic E-state index is 13.5. The normalized spacial score (nSPS) is 17.5. The molecule has 146 valence electrons. The first-order valence-electron chi connectivity index (χ1n) is 9.19. The summed E-state index contributed by atoms with van der Waals surface area (Å²) in [6, 6.07) is 18.1. The van der Waals surface area contributed by atoms with Crippen LogP contribution in [0.15, 0.2) is 65.1 Å². The molecule has 7 heteroatoms. The number of carbonyl (C=O) groups is 1. The molecule has 2 heterocycles. The van der Waals surface area contributed by atoms with Gasteiger partial charge < -0.3 is 19.9 Å². The van der Waals surface area contributed by atoms with Crippen molar-refractivity contribution in [3.8, 4) is 17.2 Å². The van der Waals surface area contributed by atoms with Crippen LogP contribution in [0, 0.1) is 0 Å². The van der Waals surface area contributed by atoms with Crippen molar-refractivity contribution < 1.29 is 19.4 Å². The van der Waals surface area contributed by atoms with Gasteiger partial charge in [0.05, 0.1) is 15.7 Å². The highest BCUT2D eigenvalue weighted by Gasteiger charge is 2.35. The van der Waals surface area contributed by atoms with Gasteiger partial charge in [0.15, 0.2) is 11.5 Å². The van der Waals surface area contributed by atoms with Crippen molar-refractivity contribution in [3.63, 3.8) is 0 Å². The van der Waals surface area contributed by atoms with E-state index in [2.05, 4.69) is 21.2 Å². The van der Waals surface area contributed by atoms with E-state index in [1.807, 2.05) is 36.4 Å². The number of ether oxygens (including phenoxy) is 2. The maximum atomic E-state index is 13.5. The van der Waals surface area contributed by atoms with E-state index in [1.54, 1.807) is 29.2 Å². The minimum Gasteiger partial charge on any atom is -0.507 e. The lowest BCUT2D eigenvalue weighted by Gasteiger charge is -2.38. The lowest BCUT2D eigenvalue weighted by molar-refractivity contribution is 0.0974. The number of amides is 1. The summed E-state index contributed by atoms with van der Waals surface area (Å²) in [6.45, 7) is 0.980. The number of fused-ring (bicyclic) bond motifs is 2. The maximum Gasteiger partial charge on any atom is 0.262 e. The van der Waals surface area contributed by atoms with Crippen molar-refractivity contribution in [1.82, 2.24) is 0 Å². The molecule has 3 aromatic rings. The zero-order chi connectivity index (χ0) is 20.0. The number of benzene rings is 3. The highest BCUT2D eigenvalue weighted by Crippen LogP contribution is 2.41. The smallest absolute Gasteiger partial charge is 0.262 e. The number of nitrogens with one attached hydrogen (secondary N) is 1. The van der Waals surface area contributed by atoms with E-state index in [0.29, 0.717) is 40.4 Å². The number of rotatable bonds is 2. The summed E-state index contributed by atoms with van der Waals surface area (Å²) >= 11 is 3.37. The summed E-state index contributed by atoms with van der Waals surface area (Å²) in [4.78, 5) is 15.2. The van der Waals surface area contributed by atoms with Crippen LogP contribution in [0.2, 0.25) is 0 Å². The Balaban J connectivity index is 1.64. The quantitative estimate of drug-likeness (QED) is 0.589. The molecule has 0 fully saturated rings. The van der Waals surface area contributed by atoms with Gasteiger partial charge in [-0.2, -0.15) is 0 Å². The number of aromatic hydroxyl groups is 1. The fourth-order valence-electron chi connectivity index (χ4n) is 3.63. The number of para-hydroxylation sites is 1. The van der Waals surface area contributed by atoms with Crippen molar-refractivity contribution in [1.29, 1.82) is 0 Å². The van der Waals surface area contributed by atoms with Gasteiger partial charge in [-0.1, -0.05) is 18.2 Å². The molecule has 2 N–H and O–H groups in total. The third kappa shape index (κ3) is 3.07. The lowest BCUT2D eigenvalue weighted by Crippen LogP contribution is -2.43. The van der Waals surface area contributed by atoms with E-state index in [4.69, 9.17) is 9.47 Å². The molecule has 3 aromatic carbocycles. The number of phenols is 1. The van der Waals surface area contributed by atoms with Crippen LogP contribution in [0.3, 0.4) is 0 Å². The lowest BCUT2D eigenvalue weighted by atomic mass is 10.0. The van der Waals surface area contributed by atoms with E-state index < -0.39 is 6.17 Å². The van der Waals surface area contributed by atoms with Crippen molar-refractivity contribution in [3.05, 3.63) is 76.3 Å². The van der Waals surface area contributed by atoms with Gasteiger partial charge in [0, 0.05) is 11.8 Å². The van der Waals surface area contributed by atoms with Crippen LogP contribution in [0.25, 0.3) is 0 Å². The molecule has 0 spiro atoms. The first-order valence-corrected chi connectivity index (χ1v) is 9.98. The van der Waals surface area contributed by atoms with E-state index in [-0.39, 0.29) is 11.7 Å². The Hall–Kier alpha value is -3.19. The second kappa shape index (κ2) is 7.00. The second-order valence-electron chi connectivity index (χ2n) is 6.81. The Morgan fingerprint density at radius 1 is 1.00 bits per heavy atom. The van der Waals surface area contributed by atoms with E-state index >= 15 is 0 Å². The minimum absolute atomic E-state index is 0.120. The van der Waals surface area contributed by atoms with E-state index in [9.17, 15) is 9.90 Å². The van der Waals surface area contributed by atoms with Gasteiger partial charge in [-0.3, -0.25) is 9.69 Å². The topological polar surface area (TPSA) is 71.0 Å². The van der Waals surface area contributed by atoms with Gasteiger partial charge in [0.1, 0.15) is 25.1 Å². The summed E-state index contributed by atoms with van der Waals surface area (Å²) < 4.78 is 11.9. The first-order chi connectivity index (χ1) is 14.1. The Morgan fingerprint density at radius 3 is 2.62 bits per heavy atom. The first kappa shape index (κ1) is 17.9. The predicted octanol–water partition coefficient (Wildman–Crippen LogP) is 4.70. The minimum atomic E-state index is -0.461. The SMILES string of the molecule is O=C1c2ccccc2N[C@H](c2ccc(O)c(Br)c2)N1c1ccc2c(c1)OCCO2. The monoisotopic (exact) mass is 452 g/mol. The van der Waals surface area contributed by atoms with Crippen molar-refractivity contribution in [2.24, 2.45) is 0 Å². The van der Waals surface area contributed by atoms with Gasteiger partial charge in [0.2, 0.25) is 0 Å². The molecular formula is C22H17BrN2O4. The predicted molar refractivity (Wildman–Crippen MR) is 113 cm³/mol. The molecule has 6 nitrogen and oxygen atoms in total. The summed E-state index contributed by atoms with van der Waals surface area (Å²) in [7, 11) is 0. The van der Waals surface area contributed by atoms with Crippen molar-refractivity contribution >= 4 is 33.2 Å². The van der Waals surface area contributed by atoms with Gasteiger partial charge >= 0.3 is 0 Å². The highest BCUT2D eigenvalue weighted by molar-refractivity contribution is 9.10. The zero-order valence-corrected chi connectivity index (χ0v) is 16.8. The molecule has 1 atom stereocenters. The standard InChI is InChI=1S/C22H17BrN2O4/c23-16-11-13(5-7-18(16)26)21-24-17-4-2-1-3-15(17)22(27)25(21)14-6-8-19-20(12-14)29-10-9-28-19/h1-8,11-12,21,24,26H,9-10H2/t21-/m0/s1. The van der Waals surface area contributed by atoms with Crippen molar-refractivity contribution in [2.75, 3.05) is 23.4 Å². The number of hydrogen-bond acceptors (Lipinski definition) is 5. The molecule has 0 bridgehead atoms. The highest BCUT2D eigenvalue weighted by atomic mass is 79.9. The van der Waals surface area contributed by atoms with Gasteiger partial charge in [-0.25, -0.2) is 0 Å². The molecule has 29 heavy (non-hydrogen) atoms. The zero-order valence-electron chi connectivity index (χ0n) is 15.3. The van der Waals surface area contributed by atoms with Crippen LogP contribution in [-0.4, -0.2) is 24.2 Å². The van der Waals surface area contributed by atoms with Gasteiger partial charge in [-0.05, 0) is 57.9 Å². The Kier molecular flexibility index (Phi) is 4.32. The summed E-state index contributed by atoms with van der Waals surface area (Å²) in [5, 5.41) is 13.3. The number of phenolic OH excluding ortho intramolecular Hbond substituents is 1. The molecule has 0 saturated carbocycles. The van der Waals surface area contributed by atoms with Crippen LogP contribution in [0.5, 0.6) is 17.2 Å². The fraction of sp³-hybridized carbons (Fsp3) is 0.136. The third-order valence-corrected chi connectivity index (χ3v) is 5.65. The number of halogens is 1. The molecule has 5 rings (SSSR count). The fourth-order valence-corrected chi connectivity index (χ4v) is 4.02. The molecule has 0 radical (unpaired) electrons. The molecule has 1 amide bonds. The van der Waals surface area contributed by atoms with Gasteiger partial charge in [0.25, 0.3) is 5.91 Å². The molecular weight excluding hydrogens is 436 g/mol. The van der Waals surface area contributed by atoms with Crippen LogP contribution in [0.4, 0.5) is 11.4 Å². The number of carbonyl (C=O) groups excluding carboxylic acids is 1. The third-order valence-electron chi connectivity index (χ3n) is 5.02. The van der Waals surface area contributed by atoms with Gasteiger partial charge in [-0.15, -0.1) is 0 Å². The summed E-state index contributed by atoms with van der Waals surface area (Å²) in [5.74, 6) is 1.31. The van der Waals surface area contributed by atoms with Crippen LogP contribution < -0.4 is 19.7 Å². The molecule has 2 aliphatic rings. The van der Waals surface area contributed by atoms with Crippen molar-refractivity contribution in [2.45, 2.75) is 6.17 Å². The van der Waals surface area contributed by atoms with Crippen LogP contribution >= 0.6 is 15.9 Å².